The summed E-state index contributed by atoms with van der Waals surface area (Å²) in [7, 11) is 0. The molecular formula is C18H24N4OS. The molecule has 128 valence electrons. The Labute approximate surface area is 148 Å². The molecule has 1 aliphatic heterocycles. The molecule has 0 spiro atoms. The van der Waals surface area contributed by atoms with Gasteiger partial charge in [-0.25, -0.2) is 0 Å². The molecule has 1 aliphatic rings. The van der Waals surface area contributed by atoms with E-state index < -0.39 is 0 Å². The number of nitrogens with zero attached hydrogens (tertiary/aromatic N) is 4. The minimum Gasteiger partial charge on any atom is -0.493 e. The van der Waals surface area contributed by atoms with E-state index in [9.17, 15) is 5.11 Å². The van der Waals surface area contributed by atoms with Gasteiger partial charge in [-0.2, -0.15) is 0 Å². The van der Waals surface area contributed by atoms with E-state index in [4.69, 9.17) is 12.2 Å². The summed E-state index contributed by atoms with van der Waals surface area (Å²) in [5, 5.41) is 20.6. The van der Waals surface area contributed by atoms with Crippen LogP contribution in [0.3, 0.4) is 0 Å². The number of thiocarbonyl (C=S) groups is 1. The van der Waals surface area contributed by atoms with Crippen molar-refractivity contribution in [3.05, 3.63) is 24.3 Å². The molecule has 0 amide bonds. The molecule has 1 aromatic heterocycles. The summed E-state index contributed by atoms with van der Waals surface area (Å²) < 4.78 is 1.93. The van der Waals surface area contributed by atoms with E-state index in [1.807, 2.05) is 28.8 Å². The second kappa shape index (κ2) is 7.75. The zero-order chi connectivity index (χ0) is 16.9. The summed E-state index contributed by atoms with van der Waals surface area (Å²) in [6.07, 6.45) is 5.62. The fourth-order valence-electron chi connectivity index (χ4n) is 3.18. The molecule has 3 rings (SSSR count). The molecular weight excluding hydrogens is 320 g/mol. The number of hydrogen-bond acceptors (Lipinski definition) is 3. The Hall–Kier alpha value is -1.95. The number of aromatic hydroxyl groups is 1. The Balaban J connectivity index is 1.89. The molecule has 0 unspecified atom stereocenters. The van der Waals surface area contributed by atoms with Gasteiger partial charge in [-0.1, -0.05) is 38.0 Å². The zero-order valence-corrected chi connectivity index (χ0v) is 14.9. The maximum Gasteiger partial charge on any atom is 0.220 e. The van der Waals surface area contributed by atoms with Crippen LogP contribution < -0.4 is 0 Å². The van der Waals surface area contributed by atoms with E-state index >= 15 is 0 Å². The Morgan fingerprint density at radius 2 is 1.96 bits per heavy atom. The van der Waals surface area contributed by atoms with Crippen molar-refractivity contribution >= 4 is 33.9 Å². The summed E-state index contributed by atoms with van der Waals surface area (Å²) in [5.41, 5.74) is 1.51. The van der Waals surface area contributed by atoms with Crippen LogP contribution in [0, 0.1) is 0 Å². The highest BCUT2D eigenvalue weighted by Crippen LogP contribution is 2.39. The second-order valence-electron chi connectivity index (χ2n) is 6.22. The van der Waals surface area contributed by atoms with Gasteiger partial charge >= 0.3 is 0 Å². The predicted octanol–water partition coefficient (Wildman–Crippen LogP) is 5.00. The fourth-order valence-corrected chi connectivity index (χ4v) is 3.40. The van der Waals surface area contributed by atoms with E-state index in [2.05, 4.69) is 22.1 Å². The quantitative estimate of drug-likeness (QED) is 0.472. The Morgan fingerprint density at radius 1 is 1.21 bits per heavy atom. The lowest BCUT2D eigenvalue weighted by molar-refractivity contribution is 0.417. The summed E-state index contributed by atoms with van der Waals surface area (Å²) in [6.45, 7) is 4.85. The maximum atomic E-state index is 10.6. The molecule has 1 N–H and O–H groups in total. The summed E-state index contributed by atoms with van der Waals surface area (Å²) in [6, 6.07) is 7.92. The average Bonchev–Trinajstić information content (AvgIpc) is 3.21. The van der Waals surface area contributed by atoms with Crippen LogP contribution in [0.1, 0.15) is 39.0 Å². The lowest BCUT2D eigenvalue weighted by Gasteiger charge is -2.12. The number of azo groups is 1. The molecule has 5 nitrogen and oxygen atoms in total. The Morgan fingerprint density at radius 3 is 2.71 bits per heavy atom. The molecule has 1 saturated heterocycles. The highest BCUT2D eigenvalue weighted by molar-refractivity contribution is 7.80. The third-order valence-electron chi connectivity index (χ3n) is 4.51. The monoisotopic (exact) mass is 344 g/mol. The van der Waals surface area contributed by atoms with E-state index in [1.54, 1.807) is 0 Å². The Kier molecular flexibility index (Phi) is 5.45. The molecule has 1 aromatic carbocycles. The van der Waals surface area contributed by atoms with Crippen molar-refractivity contribution < 1.29 is 5.11 Å². The predicted molar refractivity (Wildman–Crippen MR) is 101 cm³/mol. The van der Waals surface area contributed by atoms with Crippen molar-refractivity contribution in [2.24, 2.45) is 10.2 Å². The first kappa shape index (κ1) is 16.9. The smallest absolute Gasteiger partial charge is 0.220 e. The van der Waals surface area contributed by atoms with Crippen LogP contribution >= 0.6 is 12.2 Å². The minimum absolute atomic E-state index is 0.181. The molecule has 1 fully saturated rings. The molecule has 2 aromatic rings. The van der Waals surface area contributed by atoms with Crippen molar-refractivity contribution in [2.45, 2.75) is 45.6 Å². The van der Waals surface area contributed by atoms with Crippen LogP contribution in [0.15, 0.2) is 34.5 Å². The lowest BCUT2D eigenvalue weighted by Crippen LogP contribution is -2.23. The highest BCUT2D eigenvalue weighted by atomic mass is 32.1. The molecule has 24 heavy (non-hydrogen) atoms. The third-order valence-corrected chi connectivity index (χ3v) is 4.85. The normalized spacial score (nSPS) is 15.0. The van der Waals surface area contributed by atoms with Crippen molar-refractivity contribution in [3.63, 3.8) is 0 Å². The molecule has 6 heteroatoms. The number of benzene rings is 1. The van der Waals surface area contributed by atoms with Crippen LogP contribution in [-0.4, -0.2) is 32.8 Å². The van der Waals surface area contributed by atoms with E-state index in [0.717, 1.165) is 62.6 Å². The van der Waals surface area contributed by atoms with E-state index in [-0.39, 0.29) is 5.88 Å². The van der Waals surface area contributed by atoms with Gasteiger partial charge in [0.2, 0.25) is 11.0 Å². The number of fused-ring (bicyclic) bond motifs is 1. The van der Waals surface area contributed by atoms with Crippen LogP contribution in [0.5, 0.6) is 5.88 Å². The van der Waals surface area contributed by atoms with Gasteiger partial charge < -0.3 is 14.6 Å². The summed E-state index contributed by atoms with van der Waals surface area (Å²) in [5.74, 6) is 0.181. The number of aryl methyl sites for hydroxylation is 1. The molecule has 0 bridgehead atoms. The average molecular weight is 344 g/mol. The number of rotatable bonds is 5. The largest absolute Gasteiger partial charge is 0.493 e. The van der Waals surface area contributed by atoms with E-state index in [1.165, 1.54) is 0 Å². The van der Waals surface area contributed by atoms with Crippen LogP contribution in [-0.2, 0) is 6.54 Å². The lowest BCUT2D eigenvalue weighted by atomic mass is 10.2. The van der Waals surface area contributed by atoms with Crippen LogP contribution in [0.4, 0.5) is 5.69 Å². The van der Waals surface area contributed by atoms with Gasteiger partial charge in [-0.15, -0.1) is 10.2 Å². The van der Waals surface area contributed by atoms with Gasteiger partial charge in [0.1, 0.15) is 0 Å². The maximum absolute atomic E-state index is 10.6. The van der Waals surface area contributed by atoms with Crippen molar-refractivity contribution in [1.82, 2.24) is 9.47 Å². The summed E-state index contributed by atoms with van der Waals surface area (Å²) in [4.78, 5) is 2.07. The SMILES string of the molecule is CCCCCn1c(O)c(N=NC(=S)N2CCCC2)c2ccccc21. The standard InChI is InChI=1S/C18H24N4OS/c1-2-3-6-13-22-15-10-5-4-9-14(15)16(17(22)23)19-20-18(24)21-11-7-8-12-21/h4-5,9-10,23H,2-3,6-8,11-13H2,1H3. The first-order chi connectivity index (χ1) is 11.7. The highest BCUT2D eigenvalue weighted by Gasteiger charge is 2.18. The molecule has 0 atom stereocenters. The van der Waals surface area contributed by atoms with Crippen molar-refractivity contribution in [1.29, 1.82) is 0 Å². The zero-order valence-electron chi connectivity index (χ0n) is 14.1. The molecule has 2 heterocycles. The number of unbranched alkanes of at least 4 members (excludes halogenated alkanes) is 2. The fraction of sp³-hybridized carbons (Fsp3) is 0.500. The van der Waals surface area contributed by atoms with Gasteiger partial charge in [0.15, 0.2) is 5.69 Å². The first-order valence-corrected chi connectivity index (χ1v) is 9.14. The number of para-hydroxylation sites is 1. The summed E-state index contributed by atoms with van der Waals surface area (Å²) >= 11 is 5.35. The molecule has 0 aliphatic carbocycles. The third kappa shape index (κ3) is 3.43. The number of likely N-dealkylation sites (tertiary alicyclic amines) is 1. The minimum atomic E-state index is 0.181. The second-order valence-corrected chi connectivity index (χ2v) is 6.59. The first-order valence-electron chi connectivity index (χ1n) is 8.73. The Bertz CT molecular complexity index is 747. The molecule has 0 saturated carbocycles. The van der Waals surface area contributed by atoms with Gasteiger partial charge in [-0.3, -0.25) is 0 Å². The van der Waals surface area contributed by atoms with E-state index in [0.29, 0.717) is 10.8 Å². The number of hydrogen-bond donors (Lipinski definition) is 1. The number of aromatic nitrogens is 1. The topological polar surface area (TPSA) is 53.1 Å². The van der Waals surface area contributed by atoms with Gasteiger partial charge in [0, 0.05) is 25.0 Å². The van der Waals surface area contributed by atoms with Gasteiger partial charge in [0.05, 0.1) is 5.52 Å². The van der Waals surface area contributed by atoms with Gasteiger partial charge in [-0.05, 0) is 37.5 Å². The van der Waals surface area contributed by atoms with Crippen LogP contribution in [0.2, 0.25) is 0 Å². The van der Waals surface area contributed by atoms with Gasteiger partial charge in [0.25, 0.3) is 0 Å². The van der Waals surface area contributed by atoms with Crippen molar-refractivity contribution in [3.8, 4) is 5.88 Å². The van der Waals surface area contributed by atoms with Crippen LogP contribution in [0.25, 0.3) is 10.9 Å². The molecule has 0 radical (unpaired) electrons. The van der Waals surface area contributed by atoms with Crippen molar-refractivity contribution in [2.75, 3.05) is 13.1 Å².